The highest BCUT2D eigenvalue weighted by molar-refractivity contribution is 6.39. The zero-order valence-electron chi connectivity index (χ0n) is 13.4. The maximum Gasteiger partial charge on any atom is 0.329 e. The third-order valence-corrected chi connectivity index (χ3v) is 3.34. The van der Waals surface area contributed by atoms with Crippen LogP contribution in [0.2, 0.25) is 0 Å². The number of anilines is 1. The number of nitro benzene ring substituents is 1. The summed E-state index contributed by atoms with van der Waals surface area (Å²) in [7, 11) is 0. The van der Waals surface area contributed by atoms with Gasteiger partial charge in [0.1, 0.15) is 0 Å². The molecule has 2 N–H and O–H groups in total. The van der Waals surface area contributed by atoms with Crippen LogP contribution in [0.4, 0.5) is 11.4 Å². The number of non-ortho nitro benzene ring substituents is 1. The highest BCUT2D eigenvalue weighted by atomic mass is 16.6. The SMILES string of the molecule is CCc1ccccc1NC(=O)C(=O)N/N=C/c1ccc([N+](=O)[O-])cc1. The molecule has 2 rings (SSSR count). The molecule has 0 spiro atoms. The number of hydrogen-bond acceptors (Lipinski definition) is 5. The maximum absolute atomic E-state index is 11.9. The average molecular weight is 340 g/mol. The molecule has 0 fully saturated rings. The van der Waals surface area contributed by atoms with Crippen LogP contribution in [0.3, 0.4) is 0 Å². The van der Waals surface area contributed by atoms with E-state index in [0.29, 0.717) is 11.3 Å². The smallest absolute Gasteiger partial charge is 0.317 e. The van der Waals surface area contributed by atoms with E-state index in [4.69, 9.17) is 0 Å². The van der Waals surface area contributed by atoms with Gasteiger partial charge in [-0.1, -0.05) is 25.1 Å². The summed E-state index contributed by atoms with van der Waals surface area (Å²) in [6.07, 6.45) is 2.01. The van der Waals surface area contributed by atoms with Gasteiger partial charge >= 0.3 is 11.8 Å². The molecule has 2 amide bonds. The molecule has 0 aliphatic rings. The Morgan fingerprint density at radius 2 is 1.80 bits per heavy atom. The Bertz CT molecular complexity index is 816. The summed E-state index contributed by atoms with van der Waals surface area (Å²) in [4.78, 5) is 33.7. The van der Waals surface area contributed by atoms with Crippen molar-refractivity contribution >= 4 is 29.4 Å². The number of carbonyl (C=O) groups is 2. The van der Waals surface area contributed by atoms with Gasteiger partial charge in [-0.25, -0.2) is 5.43 Å². The van der Waals surface area contributed by atoms with E-state index in [9.17, 15) is 19.7 Å². The third kappa shape index (κ3) is 4.96. The zero-order chi connectivity index (χ0) is 18.2. The molecular weight excluding hydrogens is 324 g/mol. The predicted molar refractivity (Wildman–Crippen MR) is 93.3 cm³/mol. The summed E-state index contributed by atoms with van der Waals surface area (Å²) >= 11 is 0. The molecule has 2 aromatic carbocycles. The van der Waals surface area contributed by atoms with Crippen molar-refractivity contribution in [2.75, 3.05) is 5.32 Å². The molecule has 8 heteroatoms. The first-order chi connectivity index (χ1) is 12.0. The molecule has 0 heterocycles. The summed E-state index contributed by atoms with van der Waals surface area (Å²) in [6, 6.07) is 12.8. The van der Waals surface area contributed by atoms with Crippen molar-refractivity contribution in [2.45, 2.75) is 13.3 Å². The summed E-state index contributed by atoms with van der Waals surface area (Å²) in [6.45, 7) is 1.94. The van der Waals surface area contributed by atoms with Crippen LogP contribution in [0.5, 0.6) is 0 Å². The molecule has 0 radical (unpaired) electrons. The third-order valence-electron chi connectivity index (χ3n) is 3.34. The second-order valence-corrected chi connectivity index (χ2v) is 5.01. The second-order valence-electron chi connectivity index (χ2n) is 5.01. The van der Waals surface area contributed by atoms with Crippen molar-refractivity contribution in [2.24, 2.45) is 5.10 Å². The van der Waals surface area contributed by atoms with Gasteiger partial charge in [0.15, 0.2) is 0 Å². The van der Waals surface area contributed by atoms with E-state index >= 15 is 0 Å². The Morgan fingerprint density at radius 3 is 2.44 bits per heavy atom. The highest BCUT2D eigenvalue weighted by Crippen LogP contribution is 2.15. The fraction of sp³-hybridized carbons (Fsp3) is 0.118. The summed E-state index contributed by atoms with van der Waals surface area (Å²) in [5.41, 5.74) is 4.10. The van der Waals surface area contributed by atoms with Crippen LogP contribution in [-0.2, 0) is 16.0 Å². The van der Waals surface area contributed by atoms with Gasteiger partial charge in [0, 0.05) is 17.8 Å². The number of amides is 2. The first kappa shape index (κ1) is 17.8. The Morgan fingerprint density at radius 1 is 1.12 bits per heavy atom. The Balaban J connectivity index is 1.92. The Kier molecular flexibility index (Phi) is 5.94. The minimum Gasteiger partial charge on any atom is -0.317 e. The molecule has 25 heavy (non-hydrogen) atoms. The lowest BCUT2D eigenvalue weighted by Gasteiger charge is -2.08. The van der Waals surface area contributed by atoms with Crippen molar-refractivity contribution < 1.29 is 14.5 Å². The summed E-state index contributed by atoms with van der Waals surface area (Å²) < 4.78 is 0. The van der Waals surface area contributed by atoms with E-state index in [1.165, 1.54) is 30.5 Å². The van der Waals surface area contributed by atoms with Crippen molar-refractivity contribution in [3.63, 3.8) is 0 Å². The fourth-order valence-electron chi connectivity index (χ4n) is 2.03. The number of benzene rings is 2. The normalized spacial score (nSPS) is 10.4. The van der Waals surface area contributed by atoms with Gasteiger partial charge in [-0.3, -0.25) is 19.7 Å². The van der Waals surface area contributed by atoms with Gasteiger partial charge in [-0.2, -0.15) is 5.10 Å². The van der Waals surface area contributed by atoms with E-state index in [2.05, 4.69) is 15.8 Å². The summed E-state index contributed by atoms with van der Waals surface area (Å²) in [5, 5.41) is 16.8. The van der Waals surface area contributed by atoms with Crippen LogP contribution >= 0.6 is 0 Å². The molecule has 2 aromatic rings. The van der Waals surface area contributed by atoms with Crippen LogP contribution in [0.1, 0.15) is 18.1 Å². The fourth-order valence-corrected chi connectivity index (χ4v) is 2.03. The maximum atomic E-state index is 11.9. The van der Waals surface area contributed by atoms with Crippen LogP contribution < -0.4 is 10.7 Å². The lowest BCUT2D eigenvalue weighted by molar-refractivity contribution is -0.384. The molecule has 0 aromatic heterocycles. The van der Waals surface area contributed by atoms with Gasteiger partial charge in [0.25, 0.3) is 5.69 Å². The number of para-hydroxylation sites is 1. The molecule has 8 nitrogen and oxygen atoms in total. The minimum atomic E-state index is -0.913. The number of nitrogens with one attached hydrogen (secondary N) is 2. The number of nitrogens with zero attached hydrogens (tertiary/aromatic N) is 2. The zero-order valence-corrected chi connectivity index (χ0v) is 13.4. The Hall–Kier alpha value is -3.55. The molecule has 0 aliphatic heterocycles. The van der Waals surface area contributed by atoms with Crippen molar-refractivity contribution in [1.82, 2.24) is 5.43 Å². The van der Waals surface area contributed by atoms with Crippen molar-refractivity contribution in [1.29, 1.82) is 0 Å². The number of carbonyl (C=O) groups excluding carboxylic acids is 2. The van der Waals surface area contributed by atoms with Crippen LogP contribution in [0.25, 0.3) is 0 Å². The minimum absolute atomic E-state index is 0.0462. The highest BCUT2D eigenvalue weighted by Gasteiger charge is 2.14. The van der Waals surface area contributed by atoms with Gasteiger partial charge in [0.2, 0.25) is 0 Å². The topological polar surface area (TPSA) is 114 Å². The molecular formula is C17H16N4O4. The molecule has 0 unspecified atom stereocenters. The lowest BCUT2D eigenvalue weighted by atomic mass is 10.1. The average Bonchev–Trinajstić information content (AvgIpc) is 2.62. The number of nitro groups is 1. The largest absolute Gasteiger partial charge is 0.329 e. The molecule has 0 atom stereocenters. The van der Waals surface area contributed by atoms with Gasteiger partial charge in [-0.05, 0) is 35.7 Å². The lowest BCUT2D eigenvalue weighted by Crippen LogP contribution is -2.32. The number of aryl methyl sites for hydroxylation is 1. The first-order valence-electron chi connectivity index (χ1n) is 7.48. The quantitative estimate of drug-likeness (QED) is 0.376. The predicted octanol–water partition coefficient (Wildman–Crippen LogP) is 2.25. The van der Waals surface area contributed by atoms with Crippen LogP contribution in [0, 0.1) is 10.1 Å². The van der Waals surface area contributed by atoms with Gasteiger partial charge in [0.05, 0.1) is 11.1 Å². The van der Waals surface area contributed by atoms with E-state index in [1.54, 1.807) is 12.1 Å². The van der Waals surface area contributed by atoms with Crippen molar-refractivity contribution in [3.05, 3.63) is 69.8 Å². The first-order valence-corrected chi connectivity index (χ1v) is 7.48. The van der Waals surface area contributed by atoms with E-state index in [-0.39, 0.29) is 5.69 Å². The molecule has 0 saturated heterocycles. The molecule has 0 bridgehead atoms. The number of rotatable bonds is 5. The molecule has 0 aliphatic carbocycles. The van der Waals surface area contributed by atoms with Crippen molar-refractivity contribution in [3.8, 4) is 0 Å². The van der Waals surface area contributed by atoms with E-state index in [1.807, 2.05) is 19.1 Å². The van der Waals surface area contributed by atoms with Crippen LogP contribution in [-0.4, -0.2) is 23.0 Å². The Labute approximate surface area is 143 Å². The monoisotopic (exact) mass is 340 g/mol. The van der Waals surface area contributed by atoms with Crippen LogP contribution in [0.15, 0.2) is 53.6 Å². The number of hydrogen-bond donors (Lipinski definition) is 2. The summed E-state index contributed by atoms with van der Waals surface area (Å²) in [5.74, 6) is -1.74. The van der Waals surface area contributed by atoms with E-state index < -0.39 is 16.7 Å². The van der Waals surface area contributed by atoms with Gasteiger partial charge in [-0.15, -0.1) is 0 Å². The van der Waals surface area contributed by atoms with E-state index in [0.717, 1.165) is 12.0 Å². The van der Waals surface area contributed by atoms with Gasteiger partial charge < -0.3 is 5.32 Å². The molecule has 128 valence electrons. The molecule has 0 saturated carbocycles. The second kappa shape index (κ2) is 8.34. The standard InChI is InChI=1S/C17H16N4O4/c1-2-13-5-3-4-6-15(13)19-16(22)17(23)20-18-11-12-7-9-14(10-8-12)21(24)25/h3-11H,2H2,1H3,(H,19,22)(H,20,23)/b18-11+. The number of hydrazone groups is 1.